The molecule has 1 heterocycles. The molecule has 0 spiro atoms. The van der Waals surface area contributed by atoms with Gasteiger partial charge in [0.2, 0.25) is 0 Å². The zero-order valence-electron chi connectivity index (χ0n) is 12.8. The standard InChI is InChI=1S/C18H18N2O3/c1-12-5-2-3-7-15(12)17(21)20-16(11-14-6-4-10-23-14)18(22)19-13-8-9-13/h2-7,10-11,13H,8-9H2,1H3,(H,19,22)(H,20,21)/b16-11-. The molecule has 1 aromatic carbocycles. The number of carbonyl (C=O) groups is 2. The summed E-state index contributed by atoms with van der Waals surface area (Å²) in [7, 11) is 0. The molecule has 3 rings (SSSR count). The first kappa shape index (κ1) is 15.1. The average Bonchev–Trinajstić information content (AvgIpc) is 3.19. The van der Waals surface area contributed by atoms with Gasteiger partial charge in [0.15, 0.2) is 0 Å². The number of nitrogens with one attached hydrogen (secondary N) is 2. The molecule has 0 saturated heterocycles. The lowest BCUT2D eigenvalue weighted by molar-refractivity contribution is -0.117. The van der Waals surface area contributed by atoms with Crippen molar-refractivity contribution in [3.05, 3.63) is 65.2 Å². The van der Waals surface area contributed by atoms with E-state index in [9.17, 15) is 9.59 Å². The summed E-state index contributed by atoms with van der Waals surface area (Å²) in [6.45, 7) is 1.86. The molecule has 0 radical (unpaired) electrons. The average molecular weight is 310 g/mol. The largest absolute Gasteiger partial charge is 0.465 e. The molecule has 2 aromatic rings. The van der Waals surface area contributed by atoms with Crippen LogP contribution in [-0.4, -0.2) is 17.9 Å². The Balaban J connectivity index is 1.81. The Labute approximate surface area is 134 Å². The topological polar surface area (TPSA) is 71.3 Å². The zero-order valence-corrected chi connectivity index (χ0v) is 12.8. The molecule has 1 aromatic heterocycles. The Kier molecular flexibility index (Phi) is 4.28. The predicted molar refractivity (Wildman–Crippen MR) is 86.5 cm³/mol. The first-order valence-electron chi connectivity index (χ1n) is 7.56. The van der Waals surface area contributed by atoms with Crippen LogP contribution in [0.15, 0.2) is 52.8 Å². The van der Waals surface area contributed by atoms with Crippen LogP contribution in [0.3, 0.4) is 0 Å². The Morgan fingerprint density at radius 3 is 2.61 bits per heavy atom. The third kappa shape index (κ3) is 3.88. The molecule has 5 heteroatoms. The maximum Gasteiger partial charge on any atom is 0.268 e. The van der Waals surface area contributed by atoms with Gasteiger partial charge in [-0.1, -0.05) is 18.2 Å². The summed E-state index contributed by atoms with van der Waals surface area (Å²) in [5, 5.41) is 5.57. The van der Waals surface area contributed by atoms with Gasteiger partial charge in [-0.2, -0.15) is 0 Å². The van der Waals surface area contributed by atoms with Gasteiger partial charge in [0.25, 0.3) is 11.8 Å². The fourth-order valence-corrected chi connectivity index (χ4v) is 2.18. The van der Waals surface area contributed by atoms with E-state index >= 15 is 0 Å². The minimum absolute atomic E-state index is 0.181. The van der Waals surface area contributed by atoms with Crippen molar-refractivity contribution in [1.29, 1.82) is 0 Å². The van der Waals surface area contributed by atoms with E-state index in [1.807, 2.05) is 19.1 Å². The fourth-order valence-electron chi connectivity index (χ4n) is 2.18. The Morgan fingerprint density at radius 1 is 1.17 bits per heavy atom. The van der Waals surface area contributed by atoms with Gasteiger partial charge in [0.05, 0.1) is 6.26 Å². The van der Waals surface area contributed by atoms with Crippen molar-refractivity contribution in [1.82, 2.24) is 10.6 Å². The molecule has 1 aliphatic rings. The number of aryl methyl sites for hydroxylation is 1. The molecule has 2 amide bonds. The maximum absolute atomic E-state index is 12.4. The van der Waals surface area contributed by atoms with Gasteiger partial charge < -0.3 is 15.1 Å². The first-order valence-corrected chi connectivity index (χ1v) is 7.56. The number of rotatable bonds is 5. The van der Waals surface area contributed by atoms with Gasteiger partial charge in [-0.05, 0) is 43.5 Å². The number of hydrogen-bond donors (Lipinski definition) is 2. The number of benzene rings is 1. The van der Waals surface area contributed by atoms with Crippen molar-refractivity contribution >= 4 is 17.9 Å². The zero-order chi connectivity index (χ0) is 16.2. The molecule has 0 unspecified atom stereocenters. The van der Waals surface area contributed by atoms with Gasteiger partial charge in [-0.15, -0.1) is 0 Å². The maximum atomic E-state index is 12.4. The first-order chi connectivity index (χ1) is 11.1. The Morgan fingerprint density at radius 2 is 1.96 bits per heavy atom. The molecule has 0 aliphatic heterocycles. The van der Waals surface area contributed by atoms with Crippen molar-refractivity contribution in [2.45, 2.75) is 25.8 Å². The molecule has 1 fully saturated rings. The number of hydrogen-bond acceptors (Lipinski definition) is 3. The van der Waals surface area contributed by atoms with E-state index in [4.69, 9.17) is 4.42 Å². The van der Waals surface area contributed by atoms with Crippen LogP contribution in [0.1, 0.15) is 34.5 Å². The van der Waals surface area contributed by atoms with Crippen molar-refractivity contribution in [3.8, 4) is 0 Å². The summed E-state index contributed by atoms with van der Waals surface area (Å²) in [6, 6.07) is 10.9. The number of carbonyl (C=O) groups excluding carboxylic acids is 2. The van der Waals surface area contributed by atoms with E-state index in [2.05, 4.69) is 10.6 Å². The second kappa shape index (κ2) is 6.52. The van der Waals surface area contributed by atoms with Crippen LogP contribution in [0.5, 0.6) is 0 Å². The molecule has 0 atom stereocenters. The highest BCUT2D eigenvalue weighted by Gasteiger charge is 2.25. The van der Waals surface area contributed by atoms with Gasteiger partial charge in [-0.25, -0.2) is 0 Å². The van der Waals surface area contributed by atoms with Crippen LogP contribution in [0.4, 0.5) is 0 Å². The highest BCUT2D eigenvalue weighted by molar-refractivity contribution is 6.05. The van der Waals surface area contributed by atoms with E-state index in [0.29, 0.717) is 11.3 Å². The van der Waals surface area contributed by atoms with Gasteiger partial charge in [0.1, 0.15) is 11.5 Å². The van der Waals surface area contributed by atoms with Crippen LogP contribution in [0.2, 0.25) is 0 Å². The highest BCUT2D eigenvalue weighted by atomic mass is 16.3. The normalized spacial score (nSPS) is 14.4. The smallest absolute Gasteiger partial charge is 0.268 e. The quantitative estimate of drug-likeness (QED) is 0.834. The van der Waals surface area contributed by atoms with Gasteiger partial charge >= 0.3 is 0 Å². The van der Waals surface area contributed by atoms with Crippen molar-refractivity contribution in [2.24, 2.45) is 0 Å². The van der Waals surface area contributed by atoms with E-state index in [1.54, 1.807) is 24.3 Å². The summed E-state index contributed by atoms with van der Waals surface area (Å²) < 4.78 is 5.24. The van der Waals surface area contributed by atoms with Crippen LogP contribution >= 0.6 is 0 Å². The Hall–Kier alpha value is -2.82. The molecular formula is C18H18N2O3. The van der Waals surface area contributed by atoms with E-state index in [1.165, 1.54) is 12.3 Å². The lowest BCUT2D eigenvalue weighted by atomic mass is 10.1. The summed E-state index contributed by atoms with van der Waals surface area (Å²) >= 11 is 0. The second-order valence-electron chi connectivity index (χ2n) is 5.59. The van der Waals surface area contributed by atoms with Crippen LogP contribution in [0.25, 0.3) is 6.08 Å². The lowest BCUT2D eigenvalue weighted by Gasteiger charge is -2.11. The van der Waals surface area contributed by atoms with Gasteiger partial charge in [0, 0.05) is 17.7 Å². The summed E-state index contributed by atoms with van der Waals surface area (Å²) in [5.74, 6) is -0.103. The van der Waals surface area contributed by atoms with Crippen LogP contribution in [0, 0.1) is 6.92 Å². The molecule has 5 nitrogen and oxygen atoms in total. The molecule has 2 N–H and O–H groups in total. The van der Waals surface area contributed by atoms with Gasteiger partial charge in [-0.3, -0.25) is 9.59 Å². The fraction of sp³-hybridized carbons (Fsp3) is 0.222. The molecule has 1 aliphatic carbocycles. The third-order valence-electron chi connectivity index (χ3n) is 3.62. The number of amides is 2. The Bertz CT molecular complexity index is 743. The van der Waals surface area contributed by atoms with Crippen molar-refractivity contribution < 1.29 is 14.0 Å². The molecular weight excluding hydrogens is 292 g/mol. The minimum atomic E-state index is -0.313. The number of furan rings is 1. The second-order valence-corrected chi connectivity index (χ2v) is 5.59. The van der Waals surface area contributed by atoms with Crippen molar-refractivity contribution in [2.75, 3.05) is 0 Å². The predicted octanol–water partition coefficient (Wildman–Crippen LogP) is 2.64. The molecule has 0 bridgehead atoms. The van der Waals surface area contributed by atoms with E-state index in [0.717, 1.165) is 18.4 Å². The monoisotopic (exact) mass is 310 g/mol. The lowest BCUT2D eigenvalue weighted by Crippen LogP contribution is -2.36. The summed E-state index contributed by atoms with van der Waals surface area (Å²) in [6.07, 6.45) is 5.01. The van der Waals surface area contributed by atoms with E-state index in [-0.39, 0.29) is 23.6 Å². The summed E-state index contributed by atoms with van der Waals surface area (Å²) in [4.78, 5) is 24.8. The van der Waals surface area contributed by atoms with Crippen LogP contribution in [-0.2, 0) is 4.79 Å². The highest BCUT2D eigenvalue weighted by Crippen LogP contribution is 2.19. The van der Waals surface area contributed by atoms with Crippen molar-refractivity contribution in [3.63, 3.8) is 0 Å². The van der Waals surface area contributed by atoms with Crippen LogP contribution < -0.4 is 10.6 Å². The molecule has 23 heavy (non-hydrogen) atoms. The molecule has 118 valence electrons. The molecule has 1 saturated carbocycles. The summed E-state index contributed by atoms with van der Waals surface area (Å²) in [5.41, 5.74) is 1.57. The SMILES string of the molecule is Cc1ccccc1C(=O)N/C(=C\c1ccco1)C(=O)NC1CC1. The van der Waals surface area contributed by atoms with E-state index < -0.39 is 0 Å². The third-order valence-corrected chi connectivity index (χ3v) is 3.62. The minimum Gasteiger partial charge on any atom is -0.465 e.